The summed E-state index contributed by atoms with van der Waals surface area (Å²) >= 11 is 0. The second kappa shape index (κ2) is 6.01. The SMILES string of the molecule is CCNC(=O)C(C)NCc1ccc(C2CC2)cc1. The van der Waals surface area contributed by atoms with Crippen LogP contribution in [0, 0.1) is 0 Å². The lowest BCUT2D eigenvalue weighted by atomic mass is 10.1. The Morgan fingerprint density at radius 1 is 1.33 bits per heavy atom. The van der Waals surface area contributed by atoms with Crippen molar-refractivity contribution in [1.82, 2.24) is 10.6 Å². The Kier molecular flexibility index (Phi) is 4.37. The molecule has 0 aliphatic heterocycles. The fourth-order valence-electron chi connectivity index (χ4n) is 2.02. The largest absolute Gasteiger partial charge is 0.355 e. The highest BCUT2D eigenvalue weighted by molar-refractivity contribution is 5.81. The van der Waals surface area contributed by atoms with E-state index in [1.807, 2.05) is 13.8 Å². The van der Waals surface area contributed by atoms with Crippen LogP contribution in [0.4, 0.5) is 0 Å². The van der Waals surface area contributed by atoms with Gasteiger partial charge in [0, 0.05) is 13.1 Å². The predicted octanol–water partition coefficient (Wildman–Crippen LogP) is 2.18. The molecular weight excluding hydrogens is 224 g/mol. The predicted molar refractivity (Wildman–Crippen MR) is 73.4 cm³/mol. The Balaban J connectivity index is 1.80. The summed E-state index contributed by atoms with van der Waals surface area (Å²) in [4.78, 5) is 11.5. The van der Waals surface area contributed by atoms with Crippen molar-refractivity contribution in [2.45, 2.75) is 45.2 Å². The van der Waals surface area contributed by atoms with Crippen LogP contribution in [0.2, 0.25) is 0 Å². The summed E-state index contributed by atoms with van der Waals surface area (Å²) < 4.78 is 0. The lowest BCUT2D eigenvalue weighted by Gasteiger charge is -2.13. The van der Waals surface area contributed by atoms with Gasteiger partial charge in [0.25, 0.3) is 0 Å². The van der Waals surface area contributed by atoms with Crippen molar-refractivity contribution in [3.8, 4) is 0 Å². The highest BCUT2D eigenvalue weighted by atomic mass is 16.2. The van der Waals surface area contributed by atoms with E-state index in [1.165, 1.54) is 24.0 Å². The molecular formula is C15H22N2O. The van der Waals surface area contributed by atoms with Crippen LogP contribution in [0.5, 0.6) is 0 Å². The smallest absolute Gasteiger partial charge is 0.236 e. The van der Waals surface area contributed by atoms with E-state index < -0.39 is 0 Å². The van der Waals surface area contributed by atoms with Crippen molar-refractivity contribution >= 4 is 5.91 Å². The van der Waals surface area contributed by atoms with E-state index in [9.17, 15) is 4.79 Å². The van der Waals surface area contributed by atoms with Gasteiger partial charge in [-0.2, -0.15) is 0 Å². The maximum atomic E-state index is 11.5. The molecule has 0 spiro atoms. The van der Waals surface area contributed by atoms with E-state index in [0.717, 1.165) is 12.5 Å². The van der Waals surface area contributed by atoms with Crippen LogP contribution in [0.1, 0.15) is 43.7 Å². The van der Waals surface area contributed by atoms with E-state index in [-0.39, 0.29) is 11.9 Å². The number of hydrogen-bond donors (Lipinski definition) is 2. The third-order valence-corrected chi connectivity index (χ3v) is 3.39. The number of benzene rings is 1. The number of nitrogens with one attached hydrogen (secondary N) is 2. The molecule has 1 amide bonds. The Hall–Kier alpha value is -1.35. The van der Waals surface area contributed by atoms with Crippen LogP contribution >= 0.6 is 0 Å². The summed E-state index contributed by atoms with van der Waals surface area (Å²) in [7, 11) is 0. The Morgan fingerprint density at radius 2 is 2.00 bits per heavy atom. The molecule has 98 valence electrons. The van der Waals surface area contributed by atoms with Gasteiger partial charge < -0.3 is 10.6 Å². The third kappa shape index (κ3) is 3.57. The van der Waals surface area contributed by atoms with Crippen LogP contribution in [0.3, 0.4) is 0 Å². The van der Waals surface area contributed by atoms with Gasteiger partial charge >= 0.3 is 0 Å². The molecule has 1 unspecified atom stereocenters. The molecule has 0 aromatic heterocycles. The molecule has 1 aliphatic carbocycles. The van der Waals surface area contributed by atoms with E-state index in [0.29, 0.717) is 6.54 Å². The second-order valence-electron chi connectivity index (χ2n) is 5.01. The van der Waals surface area contributed by atoms with Gasteiger partial charge in [-0.05, 0) is 43.7 Å². The van der Waals surface area contributed by atoms with Gasteiger partial charge in [0.15, 0.2) is 0 Å². The lowest BCUT2D eigenvalue weighted by molar-refractivity contribution is -0.122. The van der Waals surface area contributed by atoms with Gasteiger partial charge in [0.1, 0.15) is 0 Å². The molecule has 3 nitrogen and oxygen atoms in total. The third-order valence-electron chi connectivity index (χ3n) is 3.39. The maximum Gasteiger partial charge on any atom is 0.236 e. The molecule has 3 heteroatoms. The van der Waals surface area contributed by atoms with Crippen molar-refractivity contribution < 1.29 is 4.79 Å². The minimum Gasteiger partial charge on any atom is -0.355 e. The molecule has 1 saturated carbocycles. The summed E-state index contributed by atoms with van der Waals surface area (Å²) in [6, 6.07) is 8.60. The molecule has 1 aliphatic rings. The molecule has 0 bridgehead atoms. The highest BCUT2D eigenvalue weighted by Crippen LogP contribution is 2.39. The second-order valence-corrected chi connectivity index (χ2v) is 5.01. The molecule has 0 heterocycles. The maximum absolute atomic E-state index is 11.5. The fourth-order valence-corrected chi connectivity index (χ4v) is 2.02. The molecule has 0 saturated heterocycles. The normalized spacial score (nSPS) is 16.3. The van der Waals surface area contributed by atoms with Gasteiger partial charge in [-0.3, -0.25) is 4.79 Å². The topological polar surface area (TPSA) is 41.1 Å². The Bertz CT molecular complexity index is 395. The number of hydrogen-bond acceptors (Lipinski definition) is 2. The van der Waals surface area contributed by atoms with Gasteiger partial charge in [0.05, 0.1) is 6.04 Å². The van der Waals surface area contributed by atoms with Crippen LogP contribution in [-0.2, 0) is 11.3 Å². The quantitative estimate of drug-likeness (QED) is 0.807. The minimum atomic E-state index is -0.145. The van der Waals surface area contributed by atoms with E-state index in [1.54, 1.807) is 0 Å². The monoisotopic (exact) mass is 246 g/mol. The molecule has 18 heavy (non-hydrogen) atoms. The number of rotatable bonds is 6. The Morgan fingerprint density at radius 3 is 2.56 bits per heavy atom. The summed E-state index contributed by atoms with van der Waals surface area (Å²) in [5, 5.41) is 6.05. The van der Waals surface area contributed by atoms with Crippen LogP contribution in [-0.4, -0.2) is 18.5 Å². The number of carbonyl (C=O) groups is 1. The fraction of sp³-hybridized carbons (Fsp3) is 0.533. The first-order valence-electron chi connectivity index (χ1n) is 6.80. The van der Waals surface area contributed by atoms with Gasteiger partial charge in [-0.1, -0.05) is 24.3 Å². The van der Waals surface area contributed by atoms with Crippen LogP contribution in [0.25, 0.3) is 0 Å². The first-order chi connectivity index (χ1) is 8.70. The number of amides is 1. The zero-order valence-corrected chi connectivity index (χ0v) is 11.2. The zero-order valence-electron chi connectivity index (χ0n) is 11.2. The highest BCUT2D eigenvalue weighted by Gasteiger charge is 2.22. The van der Waals surface area contributed by atoms with E-state index in [2.05, 4.69) is 34.9 Å². The standard InChI is InChI=1S/C15H22N2O/c1-3-16-15(18)11(2)17-10-12-4-6-13(7-5-12)14-8-9-14/h4-7,11,14,17H,3,8-10H2,1-2H3,(H,16,18). The molecule has 1 aromatic rings. The average molecular weight is 246 g/mol. The van der Waals surface area contributed by atoms with E-state index >= 15 is 0 Å². The van der Waals surface area contributed by atoms with Crippen LogP contribution in [0.15, 0.2) is 24.3 Å². The van der Waals surface area contributed by atoms with Crippen molar-refractivity contribution in [3.63, 3.8) is 0 Å². The van der Waals surface area contributed by atoms with Gasteiger partial charge in [-0.25, -0.2) is 0 Å². The molecule has 1 atom stereocenters. The molecule has 1 aromatic carbocycles. The number of likely N-dealkylation sites (N-methyl/N-ethyl adjacent to an activating group) is 1. The number of carbonyl (C=O) groups excluding carboxylic acids is 1. The average Bonchev–Trinajstić information content (AvgIpc) is 3.21. The van der Waals surface area contributed by atoms with Gasteiger partial charge in [-0.15, -0.1) is 0 Å². The summed E-state index contributed by atoms with van der Waals surface area (Å²) in [6.45, 7) is 5.25. The molecule has 0 radical (unpaired) electrons. The van der Waals surface area contributed by atoms with Crippen LogP contribution < -0.4 is 10.6 Å². The van der Waals surface area contributed by atoms with Crippen molar-refractivity contribution in [2.24, 2.45) is 0 Å². The Labute approximate surface area is 109 Å². The molecule has 2 N–H and O–H groups in total. The summed E-state index contributed by atoms with van der Waals surface area (Å²) in [6.07, 6.45) is 2.68. The van der Waals surface area contributed by atoms with E-state index in [4.69, 9.17) is 0 Å². The first kappa shape index (κ1) is 13.1. The van der Waals surface area contributed by atoms with Gasteiger partial charge in [0.2, 0.25) is 5.91 Å². The summed E-state index contributed by atoms with van der Waals surface area (Å²) in [5.74, 6) is 0.869. The van der Waals surface area contributed by atoms with Crippen molar-refractivity contribution in [2.75, 3.05) is 6.54 Å². The molecule has 2 rings (SSSR count). The lowest BCUT2D eigenvalue weighted by Crippen LogP contribution is -2.41. The molecule has 1 fully saturated rings. The zero-order chi connectivity index (χ0) is 13.0. The minimum absolute atomic E-state index is 0.0621. The first-order valence-corrected chi connectivity index (χ1v) is 6.80. The van der Waals surface area contributed by atoms with Crippen molar-refractivity contribution in [3.05, 3.63) is 35.4 Å². The van der Waals surface area contributed by atoms with Crippen molar-refractivity contribution in [1.29, 1.82) is 0 Å². The summed E-state index contributed by atoms with van der Waals surface area (Å²) in [5.41, 5.74) is 2.69.